The van der Waals surface area contributed by atoms with Crippen LogP contribution < -0.4 is 9.47 Å². The monoisotopic (exact) mass is 270 g/mol. The third-order valence-corrected chi connectivity index (χ3v) is 3.46. The molecule has 0 atom stereocenters. The van der Waals surface area contributed by atoms with Gasteiger partial charge in [-0.05, 0) is 19.4 Å². The fourth-order valence-corrected chi connectivity index (χ4v) is 2.57. The molecule has 0 radical (unpaired) electrons. The Labute approximate surface area is 121 Å². The Morgan fingerprint density at radius 2 is 1.80 bits per heavy atom. The lowest BCUT2D eigenvalue weighted by molar-refractivity contribution is 0.409. The zero-order valence-electron chi connectivity index (χ0n) is 12.7. The van der Waals surface area contributed by atoms with Crippen molar-refractivity contribution in [1.29, 1.82) is 0 Å². The number of ether oxygens (including phenoxy) is 2. The lowest BCUT2D eigenvalue weighted by Crippen LogP contribution is -1.93. The molecule has 0 heterocycles. The average Bonchev–Trinajstić information content (AvgIpc) is 2.46. The summed E-state index contributed by atoms with van der Waals surface area (Å²) in [5.74, 6) is 1.80. The first kappa shape index (κ1) is 14.4. The van der Waals surface area contributed by atoms with Crippen molar-refractivity contribution in [2.24, 2.45) is 0 Å². The first-order valence-electron chi connectivity index (χ1n) is 7.02. The molecule has 106 valence electrons. The lowest BCUT2D eigenvalue weighted by Gasteiger charge is -2.13. The maximum Gasteiger partial charge on any atom is 0.134 e. The molecule has 20 heavy (non-hydrogen) atoms. The Morgan fingerprint density at radius 3 is 2.40 bits per heavy atom. The number of fused-ring (bicyclic) bond motifs is 1. The van der Waals surface area contributed by atoms with Crippen molar-refractivity contribution in [2.75, 3.05) is 14.2 Å². The summed E-state index contributed by atoms with van der Waals surface area (Å²) >= 11 is 0. The Hall–Kier alpha value is -1.96. The molecule has 0 spiro atoms. The Bertz CT molecular complexity index is 627. The number of hydrogen-bond acceptors (Lipinski definition) is 2. The highest BCUT2D eigenvalue weighted by atomic mass is 16.5. The van der Waals surface area contributed by atoms with Crippen LogP contribution in [0.5, 0.6) is 11.5 Å². The summed E-state index contributed by atoms with van der Waals surface area (Å²) in [7, 11) is 3.43. The molecular formula is C18H22O2. The van der Waals surface area contributed by atoms with Gasteiger partial charge in [-0.1, -0.05) is 49.3 Å². The Kier molecular flexibility index (Phi) is 4.67. The molecule has 0 saturated heterocycles. The zero-order valence-corrected chi connectivity index (χ0v) is 12.7. The predicted molar refractivity (Wildman–Crippen MR) is 85.6 cm³/mol. The number of rotatable bonds is 5. The SMILES string of the molecule is CCC/C(C)=C\c1cc(OC)c2ccccc2c1OC. The molecule has 0 amide bonds. The molecule has 0 aliphatic carbocycles. The van der Waals surface area contributed by atoms with Crippen LogP contribution in [0.2, 0.25) is 0 Å². The summed E-state index contributed by atoms with van der Waals surface area (Å²) in [6, 6.07) is 10.2. The number of benzene rings is 2. The molecule has 0 N–H and O–H groups in total. The molecule has 0 unspecified atom stereocenters. The number of methoxy groups -OCH3 is 2. The van der Waals surface area contributed by atoms with E-state index < -0.39 is 0 Å². The second-order valence-electron chi connectivity index (χ2n) is 4.99. The van der Waals surface area contributed by atoms with E-state index in [2.05, 4.69) is 38.1 Å². The molecule has 0 aliphatic rings. The zero-order chi connectivity index (χ0) is 14.5. The van der Waals surface area contributed by atoms with Gasteiger partial charge in [0.05, 0.1) is 14.2 Å². The third kappa shape index (κ3) is 2.79. The van der Waals surface area contributed by atoms with E-state index in [1.807, 2.05) is 12.1 Å². The lowest BCUT2D eigenvalue weighted by atomic mass is 10.0. The molecule has 2 rings (SSSR count). The normalized spacial score (nSPS) is 11.7. The summed E-state index contributed by atoms with van der Waals surface area (Å²) in [4.78, 5) is 0. The van der Waals surface area contributed by atoms with Crippen molar-refractivity contribution in [3.05, 3.63) is 41.5 Å². The summed E-state index contributed by atoms with van der Waals surface area (Å²) in [5.41, 5.74) is 2.43. The topological polar surface area (TPSA) is 18.5 Å². The van der Waals surface area contributed by atoms with Gasteiger partial charge in [0.15, 0.2) is 0 Å². The molecular weight excluding hydrogens is 248 g/mol. The van der Waals surface area contributed by atoms with Crippen LogP contribution in [0.4, 0.5) is 0 Å². The smallest absolute Gasteiger partial charge is 0.134 e. The van der Waals surface area contributed by atoms with Crippen molar-refractivity contribution in [3.8, 4) is 11.5 Å². The van der Waals surface area contributed by atoms with Crippen molar-refractivity contribution in [2.45, 2.75) is 26.7 Å². The predicted octanol–water partition coefficient (Wildman–Crippen LogP) is 5.06. The van der Waals surface area contributed by atoms with E-state index in [0.29, 0.717) is 0 Å². The molecule has 0 aliphatic heterocycles. The van der Waals surface area contributed by atoms with Gasteiger partial charge in [-0.15, -0.1) is 0 Å². The summed E-state index contributed by atoms with van der Waals surface area (Å²) in [5, 5.41) is 2.17. The van der Waals surface area contributed by atoms with Crippen LogP contribution in [0.3, 0.4) is 0 Å². The van der Waals surface area contributed by atoms with Crippen LogP contribution in [0.25, 0.3) is 16.8 Å². The van der Waals surface area contributed by atoms with E-state index in [1.165, 1.54) is 5.57 Å². The van der Waals surface area contributed by atoms with Gasteiger partial charge in [-0.25, -0.2) is 0 Å². The highest BCUT2D eigenvalue weighted by molar-refractivity contribution is 5.96. The van der Waals surface area contributed by atoms with Crippen molar-refractivity contribution in [3.63, 3.8) is 0 Å². The maximum absolute atomic E-state index is 5.64. The van der Waals surface area contributed by atoms with Crippen molar-refractivity contribution in [1.82, 2.24) is 0 Å². The van der Waals surface area contributed by atoms with Gasteiger partial charge in [0.2, 0.25) is 0 Å². The molecule has 0 aromatic heterocycles. The minimum absolute atomic E-state index is 0.886. The van der Waals surface area contributed by atoms with Crippen LogP contribution in [0, 0.1) is 0 Å². The fraction of sp³-hybridized carbons (Fsp3) is 0.333. The quantitative estimate of drug-likeness (QED) is 0.756. The van der Waals surface area contributed by atoms with Gasteiger partial charge in [-0.2, -0.15) is 0 Å². The van der Waals surface area contributed by atoms with Gasteiger partial charge in [0, 0.05) is 16.3 Å². The van der Waals surface area contributed by atoms with Gasteiger partial charge in [-0.3, -0.25) is 0 Å². The molecule has 0 fully saturated rings. The molecule has 0 saturated carbocycles. The highest BCUT2D eigenvalue weighted by Crippen LogP contribution is 2.37. The fourth-order valence-electron chi connectivity index (χ4n) is 2.57. The van der Waals surface area contributed by atoms with E-state index in [4.69, 9.17) is 9.47 Å². The average molecular weight is 270 g/mol. The summed E-state index contributed by atoms with van der Waals surface area (Å²) < 4.78 is 11.2. The second kappa shape index (κ2) is 6.47. The van der Waals surface area contributed by atoms with Crippen LogP contribution in [-0.2, 0) is 0 Å². The maximum atomic E-state index is 5.64. The van der Waals surface area contributed by atoms with E-state index in [0.717, 1.165) is 40.7 Å². The standard InChI is InChI=1S/C18H22O2/c1-5-8-13(2)11-14-12-17(19-3)15-9-6-7-10-16(15)18(14)20-4/h6-7,9-12H,5,8H2,1-4H3/b13-11-. The van der Waals surface area contributed by atoms with Gasteiger partial charge in [0.1, 0.15) is 11.5 Å². The summed E-state index contributed by atoms with van der Waals surface area (Å²) in [6.07, 6.45) is 4.44. The third-order valence-electron chi connectivity index (χ3n) is 3.46. The van der Waals surface area contributed by atoms with Crippen LogP contribution >= 0.6 is 0 Å². The largest absolute Gasteiger partial charge is 0.496 e. The molecule has 2 heteroatoms. The minimum atomic E-state index is 0.886. The van der Waals surface area contributed by atoms with E-state index in [-0.39, 0.29) is 0 Å². The van der Waals surface area contributed by atoms with E-state index >= 15 is 0 Å². The molecule has 2 aromatic carbocycles. The summed E-state index contributed by atoms with van der Waals surface area (Å²) in [6.45, 7) is 4.35. The Morgan fingerprint density at radius 1 is 1.10 bits per heavy atom. The van der Waals surface area contributed by atoms with Gasteiger partial charge < -0.3 is 9.47 Å². The van der Waals surface area contributed by atoms with Crippen molar-refractivity contribution >= 4 is 16.8 Å². The van der Waals surface area contributed by atoms with Crippen molar-refractivity contribution < 1.29 is 9.47 Å². The highest BCUT2D eigenvalue weighted by Gasteiger charge is 2.11. The Balaban J connectivity index is 2.68. The molecule has 2 aromatic rings. The molecule has 0 bridgehead atoms. The first-order chi connectivity index (χ1) is 9.71. The van der Waals surface area contributed by atoms with E-state index in [1.54, 1.807) is 14.2 Å². The van der Waals surface area contributed by atoms with Crippen LogP contribution in [-0.4, -0.2) is 14.2 Å². The number of hydrogen-bond donors (Lipinski definition) is 0. The second-order valence-corrected chi connectivity index (χ2v) is 4.99. The minimum Gasteiger partial charge on any atom is -0.496 e. The van der Waals surface area contributed by atoms with Gasteiger partial charge in [0.25, 0.3) is 0 Å². The molecule has 2 nitrogen and oxygen atoms in total. The number of allylic oxidation sites excluding steroid dienone is 1. The first-order valence-corrected chi connectivity index (χ1v) is 7.02. The van der Waals surface area contributed by atoms with E-state index in [9.17, 15) is 0 Å². The van der Waals surface area contributed by atoms with Crippen LogP contribution in [0.1, 0.15) is 32.3 Å². The van der Waals surface area contributed by atoms with Gasteiger partial charge >= 0.3 is 0 Å². The van der Waals surface area contributed by atoms with Crippen LogP contribution in [0.15, 0.2) is 35.9 Å².